The number of nitrogens with zero attached hydrogens (tertiary/aromatic N) is 1. The molecular weight excluding hydrogens is 390 g/mol. The van der Waals surface area contributed by atoms with Gasteiger partial charge in [0.2, 0.25) is 11.8 Å². The molecule has 4 amide bonds. The summed E-state index contributed by atoms with van der Waals surface area (Å²) in [5, 5.41) is 14.4. The number of aliphatic carboxylic acids is 1. The maximum Gasteiger partial charge on any atom is 0.311 e. The van der Waals surface area contributed by atoms with E-state index in [-0.39, 0.29) is 43.3 Å². The number of amides is 4. The lowest BCUT2D eigenvalue weighted by atomic mass is 9.82. The third-order valence-electron chi connectivity index (χ3n) is 6.18. The zero-order chi connectivity index (χ0) is 22.1. The Kier molecular flexibility index (Phi) is 5.91. The van der Waals surface area contributed by atoms with E-state index in [2.05, 4.69) is 10.6 Å². The van der Waals surface area contributed by atoms with Gasteiger partial charge in [0.1, 0.15) is 6.04 Å². The van der Waals surface area contributed by atoms with E-state index in [1.54, 1.807) is 26.0 Å². The number of imide groups is 1. The summed E-state index contributed by atoms with van der Waals surface area (Å²) in [5.41, 5.74) is 0.245. The smallest absolute Gasteiger partial charge is 0.311 e. The number of hydrogen-bond acceptors (Lipinski definition) is 5. The van der Waals surface area contributed by atoms with Crippen LogP contribution in [-0.4, -0.2) is 52.2 Å². The van der Waals surface area contributed by atoms with Crippen LogP contribution >= 0.6 is 0 Å². The van der Waals surface area contributed by atoms with Crippen LogP contribution in [0.5, 0.6) is 0 Å². The molecule has 30 heavy (non-hydrogen) atoms. The number of hydrogen-bond donors (Lipinski definition) is 3. The molecule has 0 saturated carbocycles. The summed E-state index contributed by atoms with van der Waals surface area (Å²) >= 11 is 0. The van der Waals surface area contributed by atoms with E-state index in [4.69, 9.17) is 0 Å². The molecule has 1 aromatic rings. The number of nitrogens with one attached hydrogen (secondary N) is 2. The quantitative estimate of drug-likeness (QED) is 0.571. The Bertz CT molecular complexity index is 921. The van der Waals surface area contributed by atoms with Gasteiger partial charge in [0.25, 0.3) is 11.8 Å². The zero-order valence-corrected chi connectivity index (χ0v) is 17.0. The third-order valence-corrected chi connectivity index (χ3v) is 6.18. The van der Waals surface area contributed by atoms with Crippen molar-refractivity contribution in [3.05, 3.63) is 34.9 Å². The number of carboxylic acid groups (broad SMARTS) is 1. The van der Waals surface area contributed by atoms with Crippen LogP contribution in [0.2, 0.25) is 0 Å². The van der Waals surface area contributed by atoms with E-state index in [9.17, 15) is 29.1 Å². The molecular formula is C21H25N3O6. The van der Waals surface area contributed by atoms with Gasteiger partial charge in [-0.1, -0.05) is 19.9 Å². The average Bonchev–Trinajstić information content (AvgIpc) is 3.04. The summed E-state index contributed by atoms with van der Waals surface area (Å²) in [6.07, 6.45) is 1.19. The molecule has 160 valence electrons. The van der Waals surface area contributed by atoms with Crippen molar-refractivity contribution in [1.29, 1.82) is 0 Å². The van der Waals surface area contributed by atoms with Gasteiger partial charge >= 0.3 is 5.97 Å². The third kappa shape index (κ3) is 3.79. The Balaban J connectivity index is 1.74. The van der Waals surface area contributed by atoms with Crippen molar-refractivity contribution in [1.82, 2.24) is 15.5 Å². The molecule has 1 fully saturated rings. The molecule has 0 aliphatic carbocycles. The van der Waals surface area contributed by atoms with Crippen molar-refractivity contribution in [2.24, 2.45) is 5.41 Å². The van der Waals surface area contributed by atoms with Crippen LogP contribution in [-0.2, 0) is 20.9 Å². The van der Waals surface area contributed by atoms with Gasteiger partial charge in [-0.2, -0.15) is 0 Å². The molecule has 1 aromatic carbocycles. The normalized spacial score (nSPS) is 18.8. The van der Waals surface area contributed by atoms with Crippen molar-refractivity contribution in [3.8, 4) is 0 Å². The Morgan fingerprint density at radius 3 is 2.53 bits per heavy atom. The first-order valence-corrected chi connectivity index (χ1v) is 10.0. The molecule has 9 nitrogen and oxygen atoms in total. The summed E-state index contributed by atoms with van der Waals surface area (Å²) in [6.45, 7) is 3.75. The number of fused-ring (bicyclic) bond motifs is 1. The summed E-state index contributed by atoms with van der Waals surface area (Å²) in [7, 11) is 0. The van der Waals surface area contributed by atoms with Crippen LogP contribution in [0.1, 0.15) is 65.8 Å². The first-order chi connectivity index (χ1) is 14.2. The largest absolute Gasteiger partial charge is 0.481 e. The summed E-state index contributed by atoms with van der Waals surface area (Å²) in [4.78, 5) is 61.9. The van der Waals surface area contributed by atoms with Gasteiger partial charge in [0, 0.05) is 30.6 Å². The molecule has 9 heteroatoms. The molecule has 1 unspecified atom stereocenters. The van der Waals surface area contributed by atoms with E-state index in [1.807, 2.05) is 0 Å². The minimum absolute atomic E-state index is 0.0123. The highest BCUT2D eigenvalue weighted by atomic mass is 16.4. The maximum absolute atomic E-state index is 12.8. The molecule has 0 spiro atoms. The average molecular weight is 415 g/mol. The molecule has 3 N–H and O–H groups in total. The minimum atomic E-state index is -1.04. The van der Waals surface area contributed by atoms with Crippen LogP contribution in [0.3, 0.4) is 0 Å². The van der Waals surface area contributed by atoms with E-state index in [1.165, 1.54) is 11.0 Å². The predicted octanol–water partition coefficient (Wildman–Crippen LogP) is 1.07. The van der Waals surface area contributed by atoms with Gasteiger partial charge in [-0.3, -0.25) is 29.3 Å². The van der Waals surface area contributed by atoms with Crippen molar-refractivity contribution < 1.29 is 29.1 Å². The van der Waals surface area contributed by atoms with Gasteiger partial charge in [-0.25, -0.2) is 0 Å². The monoisotopic (exact) mass is 415 g/mol. The molecule has 2 aliphatic heterocycles. The Hall–Kier alpha value is -3.23. The lowest BCUT2D eigenvalue weighted by Gasteiger charge is -2.29. The molecule has 1 saturated heterocycles. The second-order valence-corrected chi connectivity index (χ2v) is 7.75. The van der Waals surface area contributed by atoms with Gasteiger partial charge < -0.3 is 15.3 Å². The van der Waals surface area contributed by atoms with Gasteiger partial charge in [-0.05, 0) is 37.0 Å². The number of carbonyl (C=O) groups is 5. The van der Waals surface area contributed by atoms with Gasteiger partial charge in [0.15, 0.2) is 0 Å². The van der Waals surface area contributed by atoms with E-state index in [0.717, 1.165) is 0 Å². The topological polar surface area (TPSA) is 133 Å². The molecule has 0 aromatic heterocycles. The number of benzene rings is 1. The summed E-state index contributed by atoms with van der Waals surface area (Å²) < 4.78 is 0. The van der Waals surface area contributed by atoms with Crippen molar-refractivity contribution in [2.45, 2.75) is 52.1 Å². The number of carboxylic acids is 1. The fraction of sp³-hybridized carbons (Fsp3) is 0.476. The second kappa shape index (κ2) is 8.25. The summed E-state index contributed by atoms with van der Waals surface area (Å²) in [5.74, 6) is -2.63. The molecule has 3 rings (SSSR count). The van der Waals surface area contributed by atoms with Crippen LogP contribution in [0.15, 0.2) is 18.2 Å². The van der Waals surface area contributed by atoms with Crippen LogP contribution in [0.25, 0.3) is 0 Å². The maximum atomic E-state index is 12.8. The molecule has 0 radical (unpaired) electrons. The highest BCUT2D eigenvalue weighted by molar-refractivity contribution is 6.06. The SMILES string of the molecule is CCC(CC)(CNC(=O)c1ccc2c(c1)C(=O)N(C1CCC(=O)NC1=O)C2)C(=O)O. The van der Waals surface area contributed by atoms with Crippen molar-refractivity contribution in [3.63, 3.8) is 0 Å². The standard InChI is InChI=1S/C21H25N3O6/c1-3-21(4-2,20(29)30)11-22-17(26)12-5-6-13-10-24(19(28)14(13)9-12)15-7-8-16(25)23-18(15)27/h5-6,9,15H,3-4,7-8,10-11H2,1-2H3,(H,22,26)(H,29,30)(H,23,25,27). The van der Waals surface area contributed by atoms with E-state index in [0.29, 0.717) is 24.0 Å². The fourth-order valence-corrected chi connectivity index (χ4v) is 3.93. The lowest BCUT2D eigenvalue weighted by molar-refractivity contribution is -0.149. The highest BCUT2D eigenvalue weighted by Crippen LogP contribution is 2.29. The number of piperidine rings is 1. The lowest BCUT2D eigenvalue weighted by Crippen LogP contribution is -2.52. The highest BCUT2D eigenvalue weighted by Gasteiger charge is 2.39. The number of rotatable bonds is 7. The Morgan fingerprint density at radius 1 is 1.23 bits per heavy atom. The fourth-order valence-electron chi connectivity index (χ4n) is 3.93. The van der Waals surface area contributed by atoms with Crippen molar-refractivity contribution in [2.75, 3.05) is 6.54 Å². The first kappa shape index (κ1) is 21.5. The first-order valence-electron chi connectivity index (χ1n) is 10.0. The Morgan fingerprint density at radius 2 is 1.93 bits per heavy atom. The van der Waals surface area contributed by atoms with Crippen molar-refractivity contribution >= 4 is 29.6 Å². The molecule has 2 heterocycles. The Labute approximate surface area is 173 Å². The predicted molar refractivity (Wildman–Crippen MR) is 105 cm³/mol. The number of carbonyl (C=O) groups excluding carboxylic acids is 4. The molecule has 0 bridgehead atoms. The van der Waals surface area contributed by atoms with Crippen LogP contribution in [0, 0.1) is 5.41 Å². The van der Waals surface area contributed by atoms with Gasteiger partial charge in [0.05, 0.1) is 5.41 Å². The summed E-state index contributed by atoms with van der Waals surface area (Å²) in [6, 6.07) is 4.00. The van der Waals surface area contributed by atoms with E-state index >= 15 is 0 Å². The second-order valence-electron chi connectivity index (χ2n) is 7.75. The van der Waals surface area contributed by atoms with Gasteiger partial charge in [-0.15, -0.1) is 0 Å². The van der Waals surface area contributed by atoms with Crippen LogP contribution < -0.4 is 10.6 Å². The molecule has 2 aliphatic rings. The zero-order valence-electron chi connectivity index (χ0n) is 17.0. The van der Waals surface area contributed by atoms with Crippen LogP contribution in [0.4, 0.5) is 0 Å². The molecule has 1 atom stereocenters. The minimum Gasteiger partial charge on any atom is -0.481 e. The van der Waals surface area contributed by atoms with E-state index < -0.39 is 29.2 Å².